The summed E-state index contributed by atoms with van der Waals surface area (Å²) in [5.41, 5.74) is 0. The van der Waals surface area contributed by atoms with E-state index in [1.165, 1.54) is 0 Å². The highest BCUT2D eigenvalue weighted by Crippen LogP contribution is 1.95. The quantitative estimate of drug-likeness (QED) is 0.501. The first kappa shape index (κ1) is 13.7. The molecule has 0 spiro atoms. The van der Waals surface area contributed by atoms with E-state index >= 15 is 0 Å². The van der Waals surface area contributed by atoms with Crippen LogP contribution in [0, 0.1) is 0 Å². The van der Waals surface area contributed by atoms with E-state index in [1.54, 1.807) is 0 Å². The number of carbonyl (C=O) groups excluding carboxylic acids is 1. The third-order valence-electron chi connectivity index (χ3n) is 2.06. The van der Waals surface area contributed by atoms with E-state index in [0.29, 0.717) is 0 Å². The molecule has 0 aromatic carbocycles. The summed E-state index contributed by atoms with van der Waals surface area (Å²) >= 11 is 0. The smallest absolute Gasteiger partial charge is 0.334 e. The molecule has 6 heteroatoms. The highest BCUT2D eigenvalue weighted by molar-refractivity contribution is 5.76. The fourth-order valence-corrected chi connectivity index (χ4v) is 1.01. The van der Waals surface area contributed by atoms with Crippen LogP contribution in [0.5, 0.6) is 0 Å². The van der Waals surface area contributed by atoms with Crippen LogP contribution in [-0.2, 0) is 4.79 Å². The second-order valence-electron chi connectivity index (χ2n) is 3.22. The van der Waals surface area contributed by atoms with Crippen LogP contribution in [-0.4, -0.2) is 40.9 Å². The van der Waals surface area contributed by atoms with E-state index in [0.717, 1.165) is 12.8 Å². The van der Waals surface area contributed by atoms with Gasteiger partial charge in [-0.05, 0) is 12.8 Å². The lowest BCUT2D eigenvalue weighted by Gasteiger charge is -2.15. The van der Waals surface area contributed by atoms with E-state index < -0.39 is 18.1 Å². The van der Waals surface area contributed by atoms with Crippen LogP contribution in [0.15, 0.2) is 0 Å². The Kier molecular flexibility index (Phi) is 6.44. The molecule has 0 aliphatic rings. The minimum absolute atomic E-state index is 0.0759. The average molecular weight is 218 g/mol. The predicted octanol–water partition coefficient (Wildman–Crippen LogP) is -0.0803. The average Bonchev–Trinajstić information content (AvgIpc) is 2.22. The summed E-state index contributed by atoms with van der Waals surface area (Å²) in [4.78, 5) is 21.4. The van der Waals surface area contributed by atoms with Crippen molar-refractivity contribution in [2.45, 2.75) is 38.8 Å². The van der Waals surface area contributed by atoms with Crippen molar-refractivity contribution in [3.63, 3.8) is 0 Å². The standard InChI is InChI=1S/C9H18N2O4/c1-3-6(4-2)11-9(15)10-5-7(12)8(13)14/h6-7,12H,3-5H2,1-2H3,(H,13,14)(H2,10,11,15). The molecule has 0 aromatic heterocycles. The van der Waals surface area contributed by atoms with Crippen molar-refractivity contribution in [1.82, 2.24) is 10.6 Å². The van der Waals surface area contributed by atoms with Gasteiger partial charge in [-0.25, -0.2) is 9.59 Å². The summed E-state index contributed by atoms with van der Waals surface area (Å²) in [5, 5.41) is 22.2. The normalized spacial score (nSPS) is 12.3. The maximum absolute atomic E-state index is 11.2. The molecule has 4 N–H and O–H groups in total. The van der Waals surface area contributed by atoms with Gasteiger partial charge in [-0.3, -0.25) is 0 Å². The highest BCUT2D eigenvalue weighted by atomic mass is 16.4. The number of rotatable bonds is 6. The van der Waals surface area contributed by atoms with Crippen molar-refractivity contribution in [2.75, 3.05) is 6.54 Å². The summed E-state index contributed by atoms with van der Waals surface area (Å²) in [7, 11) is 0. The molecule has 0 fully saturated rings. The fraction of sp³-hybridized carbons (Fsp3) is 0.778. The molecule has 0 saturated heterocycles. The maximum Gasteiger partial charge on any atom is 0.334 e. The summed E-state index contributed by atoms with van der Waals surface area (Å²) in [6.45, 7) is 3.60. The first-order valence-electron chi connectivity index (χ1n) is 4.96. The van der Waals surface area contributed by atoms with Crippen molar-refractivity contribution in [2.24, 2.45) is 0 Å². The molecule has 0 radical (unpaired) electrons. The SMILES string of the molecule is CCC(CC)NC(=O)NCC(O)C(=O)O. The molecule has 0 aliphatic heterocycles. The summed E-state index contributed by atoms with van der Waals surface area (Å²) in [5.74, 6) is -1.35. The number of nitrogens with one attached hydrogen (secondary N) is 2. The molecule has 15 heavy (non-hydrogen) atoms. The van der Waals surface area contributed by atoms with Gasteiger partial charge in [0.15, 0.2) is 6.10 Å². The lowest BCUT2D eigenvalue weighted by atomic mass is 10.2. The van der Waals surface area contributed by atoms with Gasteiger partial charge in [0.05, 0.1) is 6.54 Å². The minimum Gasteiger partial charge on any atom is -0.479 e. The van der Waals surface area contributed by atoms with Crippen LogP contribution in [0.25, 0.3) is 0 Å². The Morgan fingerprint density at radius 1 is 1.27 bits per heavy atom. The van der Waals surface area contributed by atoms with Crippen molar-refractivity contribution >= 4 is 12.0 Å². The topological polar surface area (TPSA) is 98.7 Å². The van der Waals surface area contributed by atoms with Crippen molar-refractivity contribution < 1.29 is 19.8 Å². The lowest BCUT2D eigenvalue weighted by Crippen LogP contribution is -2.45. The van der Waals surface area contributed by atoms with E-state index in [2.05, 4.69) is 10.6 Å². The van der Waals surface area contributed by atoms with Gasteiger partial charge >= 0.3 is 12.0 Å². The number of carboxylic acid groups (broad SMARTS) is 1. The zero-order valence-electron chi connectivity index (χ0n) is 8.99. The van der Waals surface area contributed by atoms with Gasteiger partial charge in [0, 0.05) is 6.04 Å². The summed E-state index contributed by atoms with van der Waals surface area (Å²) in [6, 6.07) is -0.379. The molecular weight excluding hydrogens is 200 g/mol. The third-order valence-corrected chi connectivity index (χ3v) is 2.06. The largest absolute Gasteiger partial charge is 0.479 e. The van der Waals surface area contributed by atoms with Crippen LogP contribution in [0.2, 0.25) is 0 Å². The van der Waals surface area contributed by atoms with Crippen LogP contribution < -0.4 is 10.6 Å². The predicted molar refractivity (Wildman–Crippen MR) is 54.5 cm³/mol. The van der Waals surface area contributed by atoms with Crippen LogP contribution >= 0.6 is 0 Å². The Hall–Kier alpha value is -1.30. The number of carbonyl (C=O) groups is 2. The summed E-state index contributed by atoms with van der Waals surface area (Å²) < 4.78 is 0. The van der Waals surface area contributed by atoms with Gasteiger partial charge in [0.25, 0.3) is 0 Å². The second-order valence-corrected chi connectivity index (χ2v) is 3.22. The molecule has 88 valence electrons. The van der Waals surface area contributed by atoms with Crippen molar-refractivity contribution in [1.29, 1.82) is 0 Å². The lowest BCUT2D eigenvalue weighted by molar-refractivity contribution is -0.146. The molecular formula is C9H18N2O4. The van der Waals surface area contributed by atoms with E-state index in [-0.39, 0.29) is 12.6 Å². The van der Waals surface area contributed by atoms with Gasteiger partial charge in [-0.2, -0.15) is 0 Å². The molecule has 6 nitrogen and oxygen atoms in total. The fourth-order valence-electron chi connectivity index (χ4n) is 1.01. The number of urea groups is 1. The zero-order valence-corrected chi connectivity index (χ0v) is 8.99. The van der Waals surface area contributed by atoms with Crippen LogP contribution in [0.4, 0.5) is 4.79 Å². The first-order valence-corrected chi connectivity index (χ1v) is 4.96. The molecule has 0 rings (SSSR count). The monoisotopic (exact) mass is 218 g/mol. The summed E-state index contributed by atoms with van der Waals surface area (Å²) in [6.07, 6.45) is 0.0639. The van der Waals surface area contributed by atoms with E-state index in [4.69, 9.17) is 10.2 Å². The molecule has 0 heterocycles. The van der Waals surface area contributed by atoms with Gasteiger partial charge in [-0.1, -0.05) is 13.8 Å². The highest BCUT2D eigenvalue weighted by Gasteiger charge is 2.14. The van der Waals surface area contributed by atoms with Crippen LogP contribution in [0.3, 0.4) is 0 Å². The number of hydrogen-bond acceptors (Lipinski definition) is 3. The Morgan fingerprint density at radius 2 is 1.80 bits per heavy atom. The minimum atomic E-state index is -1.56. The first-order chi connectivity index (χ1) is 7.01. The third kappa shape index (κ3) is 5.90. The van der Waals surface area contributed by atoms with Gasteiger partial charge < -0.3 is 20.8 Å². The van der Waals surface area contributed by atoms with Crippen LogP contribution in [0.1, 0.15) is 26.7 Å². The zero-order chi connectivity index (χ0) is 11.8. The maximum atomic E-state index is 11.2. The molecule has 0 aromatic rings. The molecule has 0 aliphatic carbocycles. The molecule has 0 saturated carbocycles. The van der Waals surface area contributed by atoms with E-state index in [1.807, 2.05) is 13.8 Å². The number of carboxylic acids is 1. The molecule has 1 unspecified atom stereocenters. The number of aliphatic hydroxyl groups is 1. The van der Waals surface area contributed by atoms with Crippen molar-refractivity contribution in [3.8, 4) is 0 Å². The molecule has 0 bridgehead atoms. The van der Waals surface area contributed by atoms with Gasteiger partial charge in [-0.15, -0.1) is 0 Å². The Labute approximate surface area is 88.7 Å². The van der Waals surface area contributed by atoms with Gasteiger partial charge in [0.2, 0.25) is 0 Å². The van der Waals surface area contributed by atoms with Crippen molar-refractivity contribution in [3.05, 3.63) is 0 Å². The number of aliphatic carboxylic acids is 1. The Bertz CT molecular complexity index is 216. The number of aliphatic hydroxyl groups excluding tert-OH is 1. The Balaban J connectivity index is 3.79. The number of amides is 2. The van der Waals surface area contributed by atoms with E-state index in [9.17, 15) is 9.59 Å². The molecule has 1 atom stereocenters. The van der Waals surface area contributed by atoms with Gasteiger partial charge in [0.1, 0.15) is 0 Å². The molecule has 2 amide bonds. The second kappa shape index (κ2) is 7.05. The Morgan fingerprint density at radius 3 is 2.20 bits per heavy atom. The number of hydrogen-bond donors (Lipinski definition) is 4.